The van der Waals surface area contributed by atoms with Crippen molar-refractivity contribution in [2.75, 3.05) is 24.6 Å². The highest BCUT2D eigenvalue weighted by Crippen LogP contribution is 2.26. The van der Waals surface area contributed by atoms with E-state index in [1.807, 2.05) is 6.07 Å². The van der Waals surface area contributed by atoms with Crippen molar-refractivity contribution in [2.24, 2.45) is 0 Å². The predicted molar refractivity (Wildman–Crippen MR) is 112 cm³/mol. The summed E-state index contributed by atoms with van der Waals surface area (Å²) < 4.78 is 6.25. The van der Waals surface area contributed by atoms with Crippen LogP contribution in [0.1, 0.15) is 75.1 Å². The van der Waals surface area contributed by atoms with Gasteiger partial charge in [0.15, 0.2) is 0 Å². The van der Waals surface area contributed by atoms with Gasteiger partial charge < -0.3 is 15.0 Å². The van der Waals surface area contributed by atoms with Crippen LogP contribution < -0.4 is 10.2 Å². The molecule has 0 aromatic carbocycles. The van der Waals surface area contributed by atoms with Crippen molar-refractivity contribution >= 4 is 27.7 Å². The van der Waals surface area contributed by atoms with Crippen LogP contribution in [0.2, 0.25) is 0 Å². The van der Waals surface area contributed by atoms with Gasteiger partial charge in [-0.05, 0) is 54.1 Å². The van der Waals surface area contributed by atoms with Gasteiger partial charge in [-0.1, -0.05) is 32.6 Å². The van der Waals surface area contributed by atoms with E-state index in [1.165, 1.54) is 32.1 Å². The van der Waals surface area contributed by atoms with Crippen LogP contribution in [-0.4, -0.2) is 42.7 Å². The maximum atomic E-state index is 12.5. The minimum absolute atomic E-state index is 0.269. The van der Waals surface area contributed by atoms with Crippen LogP contribution in [0, 0.1) is 0 Å². The lowest BCUT2D eigenvalue weighted by atomic mass is 9.93. The molecule has 1 saturated heterocycles. The third-order valence-corrected chi connectivity index (χ3v) is 6.09. The van der Waals surface area contributed by atoms with Crippen molar-refractivity contribution in [3.8, 4) is 0 Å². The number of hydrogen-bond acceptors (Lipinski definition) is 5. The van der Waals surface area contributed by atoms with Crippen LogP contribution in [0.4, 0.5) is 5.82 Å². The van der Waals surface area contributed by atoms with E-state index in [-0.39, 0.29) is 5.97 Å². The Kier molecular flexibility index (Phi) is 7.94. The van der Waals surface area contributed by atoms with Gasteiger partial charge in [0, 0.05) is 35.8 Å². The molecule has 3 rings (SSSR count). The topological polar surface area (TPSA) is 54.5 Å². The summed E-state index contributed by atoms with van der Waals surface area (Å²) in [5.41, 5.74) is 0.569. The summed E-state index contributed by atoms with van der Waals surface area (Å²) in [4.78, 5) is 19.3. The number of pyridine rings is 1. The highest BCUT2D eigenvalue weighted by molar-refractivity contribution is 9.10. The van der Waals surface area contributed by atoms with Gasteiger partial charge in [-0.25, -0.2) is 9.78 Å². The fourth-order valence-electron chi connectivity index (χ4n) is 4.08. The largest absolute Gasteiger partial charge is 0.462 e. The second kappa shape index (κ2) is 10.4. The molecular formula is C21H32BrN3O2. The highest BCUT2D eigenvalue weighted by atomic mass is 79.9. The Bertz CT molecular complexity index is 611. The normalized spacial score (nSPS) is 19.3. The SMILES string of the molecule is CCCCOC(=O)c1cc(Br)cnc1N1CCC(NC2CCCCC2)CC1. The Hall–Kier alpha value is -1.14. The third kappa shape index (κ3) is 5.92. The van der Waals surface area contributed by atoms with Gasteiger partial charge in [0.2, 0.25) is 0 Å². The van der Waals surface area contributed by atoms with Gasteiger partial charge in [-0.2, -0.15) is 0 Å². The molecule has 6 heteroatoms. The van der Waals surface area contributed by atoms with E-state index in [0.29, 0.717) is 24.3 Å². The maximum Gasteiger partial charge on any atom is 0.341 e. The summed E-state index contributed by atoms with van der Waals surface area (Å²) in [6.07, 6.45) is 12.6. The molecule has 0 atom stereocenters. The quantitative estimate of drug-likeness (QED) is 0.495. The van der Waals surface area contributed by atoms with Gasteiger partial charge >= 0.3 is 5.97 Å². The smallest absolute Gasteiger partial charge is 0.341 e. The number of anilines is 1. The van der Waals surface area contributed by atoms with Gasteiger partial charge in [-0.3, -0.25) is 0 Å². The Morgan fingerprint density at radius 2 is 1.93 bits per heavy atom. The van der Waals surface area contributed by atoms with Crippen LogP contribution in [0.15, 0.2) is 16.7 Å². The number of esters is 1. The molecule has 1 aromatic heterocycles. The van der Waals surface area contributed by atoms with Gasteiger partial charge in [-0.15, -0.1) is 0 Å². The molecule has 0 spiro atoms. The molecule has 5 nitrogen and oxygen atoms in total. The monoisotopic (exact) mass is 437 g/mol. The first-order chi connectivity index (χ1) is 13.2. The second-order valence-electron chi connectivity index (χ2n) is 7.78. The molecule has 150 valence electrons. The molecule has 0 radical (unpaired) electrons. The van der Waals surface area contributed by atoms with Crippen molar-refractivity contribution in [3.05, 3.63) is 22.3 Å². The molecule has 1 aliphatic carbocycles. The average molecular weight is 438 g/mol. The third-order valence-electron chi connectivity index (χ3n) is 5.66. The Morgan fingerprint density at radius 1 is 1.22 bits per heavy atom. The van der Waals surface area contributed by atoms with Crippen molar-refractivity contribution < 1.29 is 9.53 Å². The number of hydrogen-bond donors (Lipinski definition) is 1. The van der Waals surface area contributed by atoms with Crippen molar-refractivity contribution in [1.29, 1.82) is 0 Å². The van der Waals surface area contributed by atoms with Crippen LogP contribution >= 0.6 is 15.9 Å². The lowest BCUT2D eigenvalue weighted by Gasteiger charge is -2.36. The van der Waals surface area contributed by atoms with E-state index >= 15 is 0 Å². The molecule has 1 N–H and O–H groups in total. The fourth-order valence-corrected chi connectivity index (χ4v) is 4.41. The average Bonchev–Trinajstić information content (AvgIpc) is 2.69. The summed E-state index contributed by atoms with van der Waals surface area (Å²) >= 11 is 3.44. The van der Waals surface area contributed by atoms with Crippen LogP contribution in [-0.2, 0) is 4.74 Å². The summed E-state index contributed by atoms with van der Waals surface area (Å²) in [6.45, 7) is 4.41. The van der Waals surface area contributed by atoms with E-state index < -0.39 is 0 Å². The van der Waals surface area contributed by atoms with E-state index in [9.17, 15) is 4.79 Å². The first-order valence-corrected chi connectivity index (χ1v) is 11.3. The number of nitrogens with one attached hydrogen (secondary N) is 1. The standard InChI is InChI=1S/C21H32BrN3O2/c1-2-3-13-27-21(26)19-14-16(22)15-23-20(19)25-11-9-18(10-12-25)24-17-7-5-4-6-8-17/h14-15,17-18,24H,2-13H2,1H3. The van der Waals surface area contributed by atoms with Crippen molar-refractivity contribution in [1.82, 2.24) is 10.3 Å². The molecule has 2 aliphatic rings. The number of unbranched alkanes of at least 4 members (excludes halogenated alkanes) is 1. The van der Waals surface area contributed by atoms with Crippen LogP contribution in [0.3, 0.4) is 0 Å². The molecule has 0 amide bonds. The molecule has 1 aromatic rings. The lowest BCUT2D eigenvalue weighted by molar-refractivity contribution is 0.0500. The van der Waals surface area contributed by atoms with E-state index in [0.717, 1.165) is 49.1 Å². The minimum Gasteiger partial charge on any atom is -0.462 e. The van der Waals surface area contributed by atoms with E-state index in [1.54, 1.807) is 6.20 Å². The summed E-state index contributed by atoms with van der Waals surface area (Å²) in [7, 11) is 0. The number of halogens is 1. The van der Waals surface area contributed by atoms with Crippen molar-refractivity contribution in [3.63, 3.8) is 0 Å². The van der Waals surface area contributed by atoms with Crippen molar-refractivity contribution in [2.45, 2.75) is 76.8 Å². The second-order valence-corrected chi connectivity index (χ2v) is 8.69. The number of nitrogens with zero attached hydrogens (tertiary/aromatic N) is 2. The molecular weight excluding hydrogens is 406 g/mol. The minimum atomic E-state index is -0.269. The van der Waals surface area contributed by atoms with Gasteiger partial charge in [0.1, 0.15) is 11.4 Å². The number of piperidine rings is 1. The first-order valence-electron chi connectivity index (χ1n) is 10.5. The number of carbonyl (C=O) groups is 1. The summed E-state index contributed by atoms with van der Waals surface area (Å²) in [6, 6.07) is 3.12. The molecule has 2 heterocycles. The van der Waals surface area contributed by atoms with Gasteiger partial charge in [0.25, 0.3) is 0 Å². The zero-order valence-corrected chi connectivity index (χ0v) is 18.0. The number of carbonyl (C=O) groups excluding carboxylic acids is 1. The predicted octanol–water partition coefficient (Wildman–Crippen LogP) is 4.69. The molecule has 2 fully saturated rings. The Labute approximate surface area is 171 Å². The Balaban J connectivity index is 1.59. The molecule has 0 unspecified atom stereocenters. The van der Waals surface area contributed by atoms with Crippen LogP contribution in [0.5, 0.6) is 0 Å². The van der Waals surface area contributed by atoms with Gasteiger partial charge in [0.05, 0.1) is 6.61 Å². The lowest BCUT2D eigenvalue weighted by Crippen LogP contribution is -2.47. The molecule has 1 aliphatic heterocycles. The highest BCUT2D eigenvalue weighted by Gasteiger charge is 2.26. The van der Waals surface area contributed by atoms with Crippen LogP contribution in [0.25, 0.3) is 0 Å². The van der Waals surface area contributed by atoms with E-state index in [2.05, 4.69) is 38.1 Å². The molecule has 27 heavy (non-hydrogen) atoms. The zero-order valence-electron chi connectivity index (χ0n) is 16.4. The number of rotatable bonds is 7. The maximum absolute atomic E-state index is 12.5. The number of aromatic nitrogens is 1. The molecule has 1 saturated carbocycles. The first kappa shape index (κ1) is 20.6. The summed E-state index contributed by atoms with van der Waals surface area (Å²) in [5, 5.41) is 3.86. The van der Waals surface area contributed by atoms with E-state index in [4.69, 9.17) is 4.74 Å². The summed E-state index contributed by atoms with van der Waals surface area (Å²) in [5.74, 6) is 0.491. The molecule has 0 bridgehead atoms. The zero-order chi connectivity index (χ0) is 19.1. The Morgan fingerprint density at radius 3 is 2.63 bits per heavy atom. The number of ether oxygens (including phenoxy) is 1. The fraction of sp³-hybridized carbons (Fsp3) is 0.714.